The Bertz CT molecular complexity index is 456. The molecule has 0 unspecified atom stereocenters. The third-order valence-corrected chi connectivity index (χ3v) is 3.11. The van der Waals surface area contributed by atoms with Gasteiger partial charge in [-0.2, -0.15) is 0 Å². The number of nitrogens with one attached hydrogen (secondary N) is 1. The molecular weight excluding hydrogens is 278 g/mol. The maximum atomic E-state index is 12.0. The predicted octanol–water partition coefficient (Wildman–Crippen LogP) is 0.267. The smallest absolute Gasteiger partial charge is 0.249 e. The summed E-state index contributed by atoms with van der Waals surface area (Å²) in [7, 11) is 1.44. The third-order valence-electron chi connectivity index (χ3n) is 3.11. The van der Waals surface area contributed by atoms with Gasteiger partial charge in [0.25, 0.3) is 0 Å². The highest BCUT2D eigenvalue weighted by molar-refractivity contribution is 5.93. The molecule has 1 aliphatic rings. The number of carbonyl (C=O) groups excluding carboxylic acids is 2. The Morgan fingerprint density at radius 1 is 1.57 bits per heavy atom. The Morgan fingerprint density at radius 3 is 3.05 bits per heavy atom. The Balaban J connectivity index is 1.90. The van der Waals surface area contributed by atoms with Crippen molar-refractivity contribution < 1.29 is 23.6 Å². The van der Waals surface area contributed by atoms with Crippen LogP contribution in [0.3, 0.4) is 0 Å². The molecule has 21 heavy (non-hydrogen) atoms. The molecule has 0 spiro atoms. The number of carbonyl (C=O) groups is 2. The summed E-state index contributed by atoms with van der Waals surface area (Å²) in [6, 6.07) is 1.53. The normalized spacial score (nSPS) is 17.7. The van der Waals surface area contributed by atoms with E-state index in [2.05, 4.69) is 15.0 Å². The number of methoxy groups -OCH3 is 1. The number of ether oxygens (including phenoxy) is 2. The number of aromatic nitrogens is 1. The molecular formula is C13H19N3O5. The molecule has 1 N–H and O–H groups in total. The van der Waals surface area contributed by atoms with Crippen LogP contribution in [-0.4, -0.2) is 61.4 Å². The average Bonchev–Trinajstić information content (AvgIpc) is 3.11. The van der Waals surface area contributed by atoms with Crippen molar-refractivity contribution in [3.8, 4) is 0 Å². The summed E-state index contributed by atoms with van der Waals surface area (Å²) in [6.45, 7) is 0.940. The van der Waals surface area contributed by atoms with E-state index in [0.717, 1.165) is 12.8 Å². The van der Waals surface area contributed by atoms with Crippen LogP contribution in [0.2, 0.25) is 0 Å². The van der Waals surface area contributed by atoms with Crippen LogP contribution in [0.15, 0.2) is 16.9 Å². The van der Waals surface area contributed by atoms with Gasteiger partial charge in [0.1, 0.15) is 19.4 Å². The van der Waals surface area contributed by atoms with Gasteiger partial charge in [-0.3, -0.25) is 9.59 Å². The summed E-state index contributed by atoms with van der Waals surface area (Å²) < 4.78 is 15.0. The van der Waals surface area contributed by atoms with E-state index >= 15 is 0 Å². The Kier molecular flexibility index (Phi) is 5.70. The molecule has 0 saturated carbocycles. The molecule has 0 aliphatic carbocycles. The highest BCUT2D eigenvalue weighted by Gasteiger charge is 2.24. The van der Waals surface area contributed by atoms with E-state index in [0.29, 0.717) is 19.0 Å². The van der Waals surface area contributed by atoms with Gasteiger partial charge in [0.2, 0.25) is 11.8 Å². The number of amides is 2. The van der Waals surface area contributed by atoms with E-state index < -0.39 is 0 Å². The van der Waals surface area contributed by atoms with E-state index in [1.165, 1.54) is 24.3 Å². The van der Waals surface area contributed by atoms with Crippen LogP contribution < -0.4 is 5.32 Å². The number of hydrogen-bond acceptors (Lipinski definition) is 6. The van der Waals surface area contributed by atoms with Gasteiger partial charge in [-0.15, -0.1) is 0 Å². The number of hydrogen-bond donors (Lipinski definition) is 1. The molecule has 0 bridgehead atoms. The Hall–Kier alpha value is -1.93. The van der Waals surface area contributed by atoms with Gasteiger partial charge < -0.3 is 24.2 Å². The van der Waals surface area contributed by atoms with E-state index in [-0.39, 0.29) is 31.1 Å². The summed E-state index contributed by atoms with van der Waals surface area (Å²) in [6.07, 6.45) is 3.20. The molecule has 2 heterocycles. The first-order chi connectivity index (χ1) is 10.2. The van der Waals surface area contributed by atoms with Crippen molar-refractivity contribution in [3.63, 3.8) is 0 Å². The standard InChI is InChI=1S/C13H19N3O5/c1-19-9-13(18)16(7-10-3-2-5-20-10)8-12(17)14-11-4-6-21-15-11/h4,6,10H,2-3,5,7-9H2,1H3,(H,14,15,17)/t10-/m0/s1. The quantitative estimate of drug-likeness (QED) is 0.776. The maximum Gasteiger partial charge on any atom is 0.249 e. The van der Waals surface area contributed by atoms with Gasteiger partial charge in [-0.25, -0.2) is 0 Å². The maximum absolute atomic E-state index is 12.0. The van der Waals surface area contributed by atoms with E-state index in [9.17, 15) is 9.59 Å². The van der Waals surface area contributed by atoms with Crippen LogP contribution in [0.5, 0.6) is 0 Å². The zero-order valence-electron chi connectivity index (χ0n) is 11.9. The minimum absolute atomic E-state index is 0.0225. The molecule has 1 fully saturated rings. The first-order valence-electron chi connectivity index (χ1n) is 6.77. The van der Waals surface area contributed by atoms with Crippen molar-refractivity contribution in [2.75, 3.05) is 38.7 Å². The molecule has 0 aromatic carbocycles. The van der Waals surface area contributed by atoms with Crippen LogP contribution in [0.1, 0.15) is 12.8 Å². The fourth-order valence-corrected chi connectivity index (χ4v) is 2.14. The SMILES string of the molecule is COCC(=O)N(CC(=O)Nc1ccon1)C[C@@H]1CCCO1. The summed E-state index contributed by atoms with van der Waals surface area (Å²) in [5.41, 5.74) is 0. The lowest BCUT2D eigenvalue weighted by molar-refractivity contribution is -0.139. The second-order valence-electron chi connectivity index (χ2n) is 4.78. The minimum Gasteiger partial charge on any atom is -0.376 e. The molecule has 116 valence electrons. The zero-order chi connectivity index (χ0) is 15.1. The van der Waals surface area contributed by atoms with Gasteiger partial charge in [0.15, 0.2) is 5.82 Å². The Labute approximate surface area is 122 Å². The summed E-state index contributed by atoms with van der Waals surface area (Å²) in [5.74, 6) is -0.272. The lowest BCUT2D eigenvalue weighted by Crippen LogP contribution is -2.43. The van der Waals surface area contributed by atoms with Crippen LogP contribution >= 0.6 is 0 Å². The lowest BCUT2D eigenvalue weighted by Gasteiger charge is -2.24. The number of rotatable bonds is 7. The minimum atomic E-state index is -0.341. The van der Waals surface area contributed by atoms with Crippen molar-refractivity contribution in [3.05, 3.63) is 12.3 Å². The highest BCUT2D eigenvalue weighted by Crippen LogP contribution is 2.13. The summed E-state index contributed by atoms with van der Waals surface area (Å²) in [4.78, 5) is 25.4. The fourth-order valence-electron chi connectivity index (χ4n) is 2.14. The van der Waals surface area contributed by atoms with Crippen molar-refractivity contribution >= 4 is 17.6 Å². The predicted molar refractivity (Wildman–Crippen MR) is 72.6 cm³/mol. The summed E-state index contributed by atoms with van der Waals surface area (Å²) in [5, 5.41) is 6.14. The van der Waals surface area contributed by atoms with Gasteiger partial charge in [-0.1, -0.05) is 5.16 Å². The summed E-state index contributed by atoms with van der Waals surface area (Å²) >= 11 is 0. The van der Waals surface area contributed by atoms with E-state index in [1.807, 2.05) is 0 Å². The molecule has 1 aliphatic heterocycles. The third kappa shape index (κ3) is 4.83. The fraction of sp³-hybridized carbons (Fsp3) is 0.615. The van der Waals surface area contributed by atoms with Gasteiger partial charge >= 0.3 is 0 Å². The van der Waals surface area contributed by atoms with Gasteiger partial charge in [-0.05, 0) is 12.8 Å². The highest BCUT2D eigenvalue weighted by atomic mass is 16.5. The molecule has 2 rings (SSSR count). The van der Waals surface area contributed by atoms with Crippen molar-refractivity contribution in [2.45, 2.75) is 18.9 Å². The first-order valence-corrected chi connectivity index (χ1v) is 6.77. The molecule has 1 aromatic rings. The molecule has 8 nitrogen and oxygen atoms in total. The molecule has 1 saturated heterocycles. The van der Waals surface area contributed by atoms with Crippen molar-refractivity contribution in [1.82, 2.24) is 10.1 Å². The van der Waals surface area contributed by atoms with Crippen molar-refractivity contribution in [2.24, 2.45) is 0 Å². The second kappa shape index (κ2) is 7.75. The first kappa shape index (κ1) is 15.5. The van der Waals surface area contributed by atoms with Crippen LogP contribution in [-0.2, 0) is 19.1 Å². The average molecular weight is 297 g/mol. The zero-order valence-corrected chi connectivity index (χ0v) is 11.9. The second-order valence-corrected chi connectivity index (χ2v) is 4.78. The largest absolute Gasteiger partial charge is 0.376 e. The van der Waals surface area contributed by atoms with Gasteiger partial charge in [0, 0.05) is 26.3 Å². The van der Waals surface area contributed by atoms with Crippen LogP contribution in [0, 0.1) is 0 Å². The van der Waals surface area contributed by atoms with Gasteiger partial charge in [0.05, 0.1) is 6.10 Å². The Morgan fingerprint density at radius 2 is 2.43 bits per heavy atom. The molecule has 8 heteroatoms. The molecule has 1 atom stereocenters. The van der Waals surface area contributed by atoms with Crippen LogP contribution in [0.25, 0.3) is 0 Å². The number of nitrogens with zero attached hydrogens (tertiary/aromatic N) is 2. The molecule has 0 radical (unpaired) electrons. The molecule has 1 aromatic heterocycles. The monoisotopic (exact) mass is 297 g/mol. The molecule has 2 amide bonds. The van der Waals surface area contributed by atoms with E-state index in [4.69, 9.17) is 9.47 Å². The van der Waals surface area contributed by atoms with Crippen LogP contribution in [0.4, 0.5) is 5.82 Å². The van der Waals surface area contributed by atoms with Crippen molar-refractivity contribution in [1.29, 1.82) is 0 Å². The number of anilines is 1. The topological polar surface area (TPSA) is 93.9 Å². The lowest BCUT2D eigenvalue weighted by atomic mass is 10.2. The van der Waals surface area contributed by atoms with E-state index in [1.54, 1.807) is 0 Å².